The normalized spacial score (nSPS) is 22.5. The van der Waals surface area contributed by atoms with E-state index >= 15 is 0 Å². The second-order valence-electron chi connectivity index (χ2n) is 5.12. The van der Waals surface area contributed by atoms with Crippen LogP contribution in [-0.4, -0.2) is 14.2 Å². The third-order valence-electron chi connectivity index (χ3n) is 3.95. The Labute approximate surface area is 124 Å². The van der Waals surface area contributed by atoms with Crippen LogP contribution < -0.4 is 5.69 Å². The zero-order chi connectivity index (χ0) is 14.0. The van der Waals surface area contributed by atoms with Gasteiger partial charge in [-0.05, 0) is 24.6 Å². The SMILES string of the molecule is O=c1n(-c2cc(Cl)cc(Cl)c2)c(O)c2n1C1C=CC2C1. The van der Waals surface area contributed by atoms with Gasteiger partial charge < -0.3 is 5.11 Å². The van der Waals surface area contributed by atoms with Gasteiger partial charge in [0.25, 0.3) is 0 Å². The van der Waals surface area contributed by atoms with Crippen molar-refractivity contribution in [3.8, 4) is 11.6 Å². The Hall–Kier alpha value is -1.65. The standard InChI is InChI=1S/C14H10Cl2N2O2/c15-8-4-9(16)6-11(5-8)18-13(19)12-7-1-2-10(3-7)17(12)14(18)20/h1-2,4-7,10,19H,3H2. The van der Waals surface area contributed by atoms with Gasteiger partial charge in [0.05, 0.1) is 17.4 Å². The van der Waals surface area contributed by atoms with Gasteiger partial charge in [-0.25, -0.2) is 9.36 Å². The minimum absolute atomic E-state index is 0.0230. The van der Waals surface area contributed by atoms with Crippen molar-refractivity contribution in [3.05, 3.63) is 56.6 Å². The lowest BCUT2D eigenvalue weighted by atomic mass is 10.1. The largest absolute Gasteiger partial charge is 0.493 e. The average Bonchev–Trinajstić information content (AvgIpc) is 3.02. The average molecular weight is 309 g/mol. The smallest absolute Gasteiger partial charge is 0.336 e. The Bertz CT molecular complexity index is 799. The van der Waals surface area contributed by atoms with E-state index < -0.39 is 0 Å². The van der Waals surface area contributed by atoms with Gasteiger partial charge in [0, 0.05) is 16.0 Å². The van der Waals surface area contributed by atoms with Gasteiger partial charge in [-0.15, -0.1) is 0 Å². The fraction of sp³-hybridized carbons (Fsp3) is 0.214. The number of imidazole rings is 1. The second-order valence-corrected chi connectivity index (χ2v) is 5.99. The van der Waals surface area contributed by atoms with Crippen LogP contribution in [0.2, 0.25) is 10.0 Å². The van der Waals surface area contributed by atoms with Crippen molar-refractivity contribution in [1.82, 2.24) is 9.13 Å². The Morgan fingerprint density at radius 1 is 1.15 bits per heavy atom. The highest BCUT2D eigenvalue weighted by atomic mass is 35.5. The molecule has 0 amide bonds. The van der Waals surface area contributed by atoms with Crippen molar-refractivity contribution >= 4 is 23.2 Å². The van der Waals surface area contributed by atoms with Crippen molar-refractivity contribution in [2.75, 3.05) is 0 Å². The van der Waals surface area contributed by atoms with E-state index in [2.05, 4.69) is 0 Å². The van der Waals surface area contributed by atoms with Gasteiger partial charge in [-0.2, -0.15) is 0 Å². The predicted molar refractivity (Wildman–Crippen MR) is 77.2 cm³/mol. The quantitative estimate of drug-likeness (QED) is 0.822. The molecule has 1 aliphatic heterocycles. The molecule has 0 fully saturated rings. The van der Waals surface area contributed by atoms with Crippen molar-refractivity contribution < 1.29 is 5.11 Å². The molecule has 0 saturated heterocycles. The highest BCUT2D eigenvalue weighted by Gasteiger charge is 2.39. The minimum atomic E-state index is -0.257. The van der Waals surface area contributed by atoms with Crippen LogP contribution >= 0.6 is 23.2 Å². The molecule has 6 heteroatoms. The van der Waals surface area contributed by atoms with Crippen molar-refractivity contribution in [2.24, 2.45) is 0 Å². The summed E-state index contributed by atoms with van der Waals surface area (Å²) in [6.07, 6.45) is 4.90. The fourth-order valence-corrected chi connectivity index (χ4v) is 3.68. The van der Waals surface area contributed by atoms with E-state index in [0.29, 0.717) is 21.4 Å². The monoisotopic (exact) mass is 308 g/mol. The number of hydrogen-bond acceptors (Lipinski definition) is 2. The van der Waals surface area contributed by atoms with E-state index in [0.717, 1.165) is 6.42 Å². The van der Waals surface area contributed by atoms with E-state index in [4.69, 9.17) is 23.2 Å². The lowest BCUT2D eigenvalue weighted by Crippen LogP contribution is -2.24. The van der Waals surface area contributed by atoms with Crippen LogP contribution in [0, 0.1) is 0 Å². The molecule has 0 saturated carbocycles. The Morgan fingerprint density at radius 3 is 2.50 bits per heavy atom. The summed E-state index contributed by atoms with van der Waals surface area (Å²) < 4.78 is 2.91. The van der Waals surface area contributed by atoms with Crippen molar-refractivity contribution in [1.29, 1.82) is 0 Å². The number of fused-ring (bicyclic) bond motifs is 5. The molecule has 2 bridgehead atoms. The Morgan fingerprint density at radius 2 is 1.85 bits per heavy atom. The van der Waals surface area contributed by atoms with Crippen LogP contribution in [-0.2, 0) is 0 Å². The second kappa shape index (κ2) is 3.93. The highest BCUT2D eigenvalue weighted by Crippen LogP contribution is 2.46. The van der Waals surface area contributed by atoms with Crippen LogP contribution in [0.15, 0.2) is 35.1 Å². The van der Waals surface area contributed by atoms with Gasteiger partial charge in [0.15, 0.2) is 0 Å². The van der Waals surface area contributed by atoms with Crippen LogP contribution in [0.25, 0.3) is 5.69 Å². The van der Waals surface area contributed by atoms with E-state index in [9.17, 15) is 9.90 Å². The predicted octanol–water partition coefficient (Wildman–Crippen LogP) is 3.25. The number of rotatable bonds is 1. The number of allylic oxidation sites excluding steroid dienone is 2. The van der Waals surface area contributed by atoms with E-state index in [1.54, 1.807) is 22.8 Å². The molecule has 1 N–H and O–H groups in total. The fourth-order valence-electron chi connectivity index (χ4n) is 3.16. The minimum Gasteiger partial charge on any atom is -0.493 e. The molecule has 2 unspecified atom stereocenters. The number of hydrogen-bond donors (Lipinski definition) is 1. The van der Waals surface area contributed by atoms with Gasteiger partial charge in [-0.3, -0.25) is 4.57 Å². The Kier molecular flexibility index (Phi) is 2.38. The zero-order valence-electron chi connectivity index (χ0n) is 10.3. The summed E-state index contributed by atoms with van der Waals surface area (Å²) in [4.78, 5) is 12.5. The maximum Gasteiger partial charge on any atom is 0.336 e. The number of halogens is 2. The van der Waals surface area contributed by atoms with Gasteiger partial charge in [0.1, 0.15) is 0 Å². The third-order valence-corrected chi connectivity index (χ3v) is 4.38. The summed E-state index contributed by atoms with van der Waals surface area (Å²) in [7, 11) is 0. The first-order valence-corrected chi connectivity index (χ1v) is 7.03. The maximum atomic E-state index is 12.5. The molecule has 0 radical (unpaired) electrons. The summed E-state index contributed by atoms with van der Waals surface area (Å²) in [6, 6.07) is 4.85. The molecule has 102 valence electrons. The molecule has 4 nitrogen and oxygen atoms in total. The molecule has 1 aromatic carbocycles. The first-order valence-electron chi connectivity index (χ1n) is 6.27. The van der Waals surface area contributed by atoms with Gasteiger partial charge in [0.2, 0.25) is 5.88 Å². The molecule has 1 aromatic heterocycles. The van der Waals surface area contributed by atoms with Gasteiger partial charge in [-0.1, -0.05) is 35.4 Å². The molecule has 2 heterocycles. The lowest BCUT2D eigenvalue weighted by molar-refractivity contribution is 0.433. The number of aromatic hydroxyl groups is 1. The third kappa shape index (κ3) is 1.46. The van der Waals surface area contributed by atoms with E-state index in [-0.39, 0.29) is 23.5 Å². The number of benzene rings is 1. The van der Waals surface area contributed by atoms with E-state index in [1.807, 2.05) is 12.2 Å². The molecular weight excluding hydrogens is 299 g/mol. The van der Waals surface area contributed by atoms with Crippen molar-refractivity contribution in [2.45, 2.75) is 18.4 Å². The van der Waals surface area contributed by atoms with Crippen molar-refractivity contribution in [3.63, 3.8) is 0 Å². The van der Waals surface area contributed by atoms with Crippen LogP contribution in [0.4, 0.5) is 0 Å². The summed E-state index contributed by atoms with van der Waals surface area (Å²) in [5.74, 6) is 0.0915. The molecule has 4 rings (SSSR count). The molecule has 20 heavy (non-hydrogen) atoms. The molecule has 2 aromatic rings. The van der Waals surface area contributed by atoms with E-state index in [1.165, 1.54) is 4.57 Å². The zero-order valence-corrected chi connectivity index (χ0v) is 11.8. The highest BCUT2D eigenvalue weighted by molar-refractivity contribution is 6.34. The topological polar surface area (TPSA) is 47.2 Å². The maximum absolute atomic E-state index is 12.5. The van der Waals surface area contributed by atoms with Crippen LogP contribution in [0.5, 0.6) is 5.88 Å². The van der Waals surface area contributed by atoms with Crippen LogP contribution in [0.3, 0.4) is 0 Å². The first-order chi connectivity index (χ1) is 9.56. The molecular formula is C14H10Cl2N2O2. The molecule has 0 spiro atoms. The first kappa shape index (κ1) is 12.1. The summed E-state index contributed by atoms with van der Waals surface area (Å²) in [6.45, 7) is 0. The summed E-state index contributed by atoms with van der Waals surface area (Å²) in [5, 5.41) is 11.3. The molecule has 2 atom stereocenters. The summed E-state index contributed by atoms with van der Waals surface area (Å²) in [5.41, 5.74) is 0.901. The van der Waals surface area contributed by atoms with Crippen LogP contribution in [0.1, 0.15) is 24.1 Å². The molecule has 2 aliphatic rings. The van der Waals surface area contributed by atoms with Gasteiger partial charge >= 0.3 is 5.69 Å². The Balaban J connectivity index is 1.99. The molecule has 1 aliphatic carbocycles. The number of nitrogens with zero attached hydrogens (tertiary/aromatic N) is 2. The lowest BCUT2D eigenvalue weighted by Gasteiger charge is -2.06. The summed E-state index contributed by atoms with van der Waals surface area (Å²) >= 11 is 11.9. The number of aromatic nitrogens is 2.